The van der Waals surface area contributed by atoms with E-state index in [0.29, 0.717) is 22.6 Å². The summed E-state index contributed by atoms with van der Waals surface area (Å²) < 4.78 is 11.6. The third kappa shape index (κ3) is 3.58. The standard InChI is InChI=1S/C28H20N2O3/c1-32-24-14-8-7-13-21(24)27(31)30-28-23(17-29)25(19-10-3-2-4-11-19)22-16-15-18-9-5-6-12-20(18)26(22)33-28/h2-16,25H,1H3,(H,30,31). The van der Waals surface area contributed by atoms with Gasteiger partial charge in [0.05, 0.1) is 18.6 Å². The first-order chi connectivity index (χ1) is 16.2. The number of allylic oxidation sites excluding steroid dienone is 1. The number of nitrogens with zero attached hydrogens (tertiary/aromatic N) is 1. The lowest BCUT2D eigenvalue weighted by Crippen LogP contribution is -2.31. The molecule has 33 heavy (non-hydrogen) atoms. The lowest BCUT2D eigenvalue weighted by molar-refractivity contribution is 0.0945. The van der Waals surface area contributed by atoms with Crippen LogP contribution in [0.4, 0.5) is 0 Å². The summed E-state index contributed by atoms with van der Waals surface area (Å²) in [6.45, 7) is 0. The first-order valence-corrected chi connectivity index (χ1v) is 10.5. The Hall–Kier alpha value is -4.56. The molecular weight excluding hydrogens is 412 g/mol. The van der Waals surface area contributed by atoms with Gasteiger partial charge in [-0.2, -0.15) is 5.26 Å². The minimum atomic E-state index is -0.411. The zero-order chi connectivity index (χ0) is 22.8. The van der Waals surface area contributed by atoms with Crippen LogP contribution >= 0.6 is 0 Å². The van der Waals surface area contributed by atoms with Crippen LogP contribution in [0.1, 0.15) is 27.4 Å². The van der Waals surface area contributed by atoms with E-state index in [9.17, 15) is 10.1 Å². The number of ether oxygens (including phenoxy) is 2. The molecule has 4 aromatic rings. The molecule has 0 radical (unpaired) electrons. The van der Waals surface area contributed by atoms with Gasteiger partial charge in [-0.25, -0.2) is 0 Å². The first kappa shape index (κ1) is 20.3. The molecule has 1 unspecified atom stereocenters. The summed E-state index contributed by atoms with van der Waals surface area (Å²) in [7, 11) is 1.51. The molecule has 1 aliphatic rings. The maximum Gasteiger partial charge on any atom is 0.261 e. The largest absolute Gasteiger partial charge is 0.496 e. The van der Waals surface area contributed by atoms with Gasteiger partial charge in [-0.15, -0.1) is 0 Å². The fourth-order valence-corrected chi connectivity index (χ4v) is 4.25. The SMILES string of the molecule is COc1ccccc1C(=O)NC1=C(C#N)C(c2ccccc2)c2ccc3ccccc3c2O1. The molecule has 0 saturated heterocycles. The van der Waals surface area contributed by atoms with Crippen molar-refractivity contribution in [2.45, 2.75) is 5.92 Å². The summed E-state index contributed by atoms with van der Waals surface area (Å²) in [6.07, 6.45) is 0. The predicted octanol–water partition coefficient (Wildman–Crippen LogP) is 5.54. The minimum Gasteiger partial charge on any atom is -0.496 e. The van der Waals surface area contributed by atoms with Gasteiger partial charge in [-0.1, -0.05) is 78.9 Å². The molecule has 1 aliphatic heterocycles. The molecule has 5 heteroatoms. The molecule has 0 saturated carbocycles. The van der Waals surface area contributed by atoms with Crippen LogP contribution in [-0.2, 0) is 0 Å². The van der Waals surface area contributed by atoms with Crippen LogP contribution in [0, 0.1) is 11.3 Å². The number of hydrogen-bond donors (Lipinski definition) is 1. The molecule has 0 spiro atoms. The van der Waals surface area contributed by atoms with Gasteiger partial charge in [0, 0.05) is 10.9 Å². The van der Waals surface area contributed by atoms with Gasteiger partial charge in [0.1, 0.15) is 23.1 Å². The number of carbonyl (C=O) groups excluding carboxylic acids is 1. The van der Waals surface area contributed by atoms with Crippen LogP contribution in [0.2, 0.25) is 0 Å². The zero-order valence-corrected chi connectivity index (χ0v) is 17.9. The molecule has 0 aliphatic carbocycles. The second kappa shape index (κ2) is 8.52. The van der Waals surface area contributed by atoms with Gasteiger partial charge in [0.25, 0.3) is 5.91 Å². The van der Waals surface area contributed by atoms with Gasteiger partial charge in [-0.05, 0) is 23.1 Å². The number of methoxy groups -OCH3 is 1. The minimum absolute atomic E-state index is 0.131. The van der Waals surface area contributed by atoms with Crippen molar-refractivity contribution in [3.8, 4) is 17.6 Å². The van der Waals surface area contributed by atoms with Crippen molar-refractivity contribution >= 4 is 16.7 Å². The van der Waals surface area contributed by atoms with E-state index in [2.05, 4.69) is 11.4 Å². The Kier molecular flexibility index (Phi) is 5.26. The van der Waals surface area contributed by atoms with Crippen molar-refractivity contribution in [1.29, 1.82) is 5.26 Å². The molecule has 0 fully saturated rings. The Labute approximate surface area is 191 Å². The molecule has 1 amide bonds. The van der Waals surface area contributed by atoms with Gasteiger partial charge in [0.15, 0.2) is 0 Å². The van der Waals surface area contributed by atoms with E-state index in [1.807, 2.05) is 66.7 Å². The highest BCUT2D eigenvalue weighted by atomic mass is 16.5. The summed E-state index contributed by atoms with van der Waals surface area (Å²) in [4.78, 5) is 13.2. The van der Waals surface area contributed by atoms with Crippen LogP contribution in [0.3, 0.4) is 0 Å². The number of rotatable bonds is 4. The summed E-state index contributed by atoms with van der Waals surface area (Å²) in [6, 6.07) is 30.9. The number of carbonyl (C=O) groups is 1. The summed E-state index contributed by atoms with van der Waals surface area (Å²) in [5.41, 5.74) is 2.52. The normalized spacial score (nSPS) is 14.7. The van der Waals surface area contributed by atoms with Crippen LogP contribution in [0.25, 0.3) is 10.8 Å². The smallest absolute Gasteiger partial charge is 0.261 e. The highest BCUT2D eigenvalue weighted by Crippen LogP contribution is 2.45. The van der Waals surface area contributed by atoms with Crippen molar-refractivity contribution in [1.82, 2.24) is 5.32 Å². The summed E-state index contributed by atoms with van der Waals surface area (Å²) >= 11 is 0. The van der Waals surface area contributed by atoms with Crippen LogP contribution in [0.15, 0.2) is 102 Å². The second-order valence-corrected chi connectivity index (χ2v) is 7.66. The fraction of sp³-hybridized carbons (Fsp3) is 0.0714. The Bertz CT molecular complexity index is 1430. The van der Waals surface area contributed by atoms with Crippen molar-refractivity contribution in [2.75, 3.05) is 7.11 Å². The Morgan fingerprint density at radius 3 is 2.45 bits per heavy atom. The number of para-hydroxylation sites is 1. The van der Waals surface area contributed by atoms with E-state index in [4.69, 9.17) is 9.47 Å². The average molecular weight is 432 g/mol. The van der Waals surface area contributed by atoms with E-state index in [-0.39, 0.29) is 11.8 Å². The topological polar surface area (TPSA) is 71.3 Å². The Morgan fingerprint density at radius 1 is 0.939 bits per heavy atom. The van der Waals surface area contributed by atoms with Crippen LogP contribution in [-0.4, -0.2) is 13.0 Å². The van der Waals surface area contributed by atoms with Crippen molar-refractivity contribution in [2.24, 2.45) is 0 Å². The Balaban J connectivity index is 1.67. The highest BCUT2D eigenvalue weighted by Gasteiger charge is 2.33. The number of nitriles is 1. The predicted molar refractivity (Wildman–Crippen MR) is 126 cm³/mol. The number of amides is 1. The van der Waals surface area contributed by atoms with E-state index in [1.54, 1.807) is 24.3 Å². The third-order valence-corrected chi connectivity index (χ3v) is 5.79. The molecule has 4 aromatic carbocycles. The molecule has 1 atom stereocenters. The van der Waals surface area contributed by atoms with Gasteiger partial charge in [-0.3, -0.25) is 10.1 Å². The molecule has 0 aromatic heterocycles. The van der Waals surface area contributed by atoms with Crippen LogP contribution in [0.5, 0.6) is 11.5 Å². The molecule has 5 nitrogen and oxygen atoms in total. The van der Waals surface area contributed by atoms with Gasteiger partial charge in [0.2, 0.25) is 5.88 Å². The maximum atomic E-state index is 13.2. The lowest BCUT2D eigenvalue weighted by Gasteiger charge is -2.29. The van der Waals surface area contributed by atoms with Crippen molar-refractivity contribution in [3.05, 3.63) is 119 Å². The van der Waals surface area contributed by atoms with E-state index in [1.165, 1.54) is 7.11 Å². The number of fused-ring (bicyclic) bond motifs is 3. The van der Waals surface area contributed by atoms with Crippen LogP contribution < -0.4 is 14.8 Å². The molecule has 5 rings (SSSR count). The van der Waals surface area contributed by atoms with Gasteiger partial charge < -0.3 is 9.47 Å². The third-order valence-electron chi connectivity index (χ3n) is 5.79. The van der Waals surface area contributed by atoms with Gasteiger partial charge >= 0.3 is 0 Å². The molecular formula is C28H20N2O3. The average Bonchev–Trinajstić information content (AvgIpc) is 2.88. The first-order valence-electron chi connectivity index (χ1n) is 10.5. The van der Waals surface area contributed by atoms with Crippen molar-refractivity contribution < 1.29 is 14.3 Å². The van der Waals surface area contributed by atoms with E-state index in [0.717, 1.165) is 21.9 Å². The number of nitrogens with one attached hydrogen (secondary N) is 1. The second-order valence-electron chi connectivity index (χ2n) is 7.66. The highest BCUT2D eigenvalue weighted by molar-refractivity contribution is 5.98. The Morgan fingerprint density at radius 2 is 1.67 bits per heavy atom. The zero-order valence-electron chi connectivity index (χ0n) is 17.9. The summed E-state index contributed by atoms with van der Waals surface area (Å²) in [5, 5.41) is 14.9. The lowest BCUT2D eigenvalue weighted by atomic mass is 9.82. The van der Waals surface area contributed by atoms with E-state index >= 15 is 0 Å². The maximum absolute atomic E-state index is 13.2. The number of benzene rings is 4. The monoisotopic (exact) mass is 432 g/mol. The molecule has 0 bridgehead atoms. The molecule has 1 heterocycles. The summed E-state index contributed by atoms with van der Waals surface area (Å²) in [5.74, 6) is 0.418. The molecule has 160 valence electrons. The number of hydrogen-bond acceptors (Lipinski definition) is 4. The van der Waals surface area contributed by atoms with E-state index < -0.39 is 5.91 Å². The fourth-order valence-electron chi connectivity index (χ4n) is 4.25. The quantitative estimate of drug-likeness (QED) is 0.460. The molecule has 1 N–H and O–H groups in total. The van der Waals surface area contributed by atoms with Crippen molar-refractivity contribution in [3.63, 3.8) is 0 Å².